The van der Waals surface area contributed by atoms with Crippen molar-refractivity contribution in [3.05, 3.63) is 48.0 Å². The van der Waals surface area contributed by atoms with Gasteiger partial charge < -0.3 is 9.84 Å². The number of phenolic OH excluding ortho intramolecular Hbond substituents is 1. The maximum absolute atomic E-state index is 10.7. The fourth-order valence-corrected chi connectivity index (χ4v) is 1.67. The van der Waals surface area contributed by atoms with Gasteiger partial charge in [0, 0.05) is 5.56 Å². The summed E-state index contributed by atoms with van der Waals surface area (Å²) in [6.07, 6.45) is 0.712. The normalized spacial score (nSPS) is 9.94. The topological polar surface area (TPSA) is 46.5 Å². The van der Waals surface area contributed by atoms with E-state index in [0.29, 0.717) is 11.8 Å². The molecule has 17 heavy (non-hydrogen) atoms. The van der Waals surface area contributed by atoms with Gasteiger partial charge in [0.05, 0.1) is 7.11 Å². The average Bonchev–Trinajstić information content (AvgIpc) is 2.38. The molecule has 3 heteroatoms. The number of aldehydes is 1. The first kappa shape index (κ1) is 11.2. The number of aromatic hydroxyl groups is 1. The molecule has 0 heterocycles. The zero-order valence-electron chi connectivity index (χ0n) is 9.38. The molecular weight excluding hydrogens is 216 g/mol. The van der Waals surface area contributed by atoms with Gasteiger partial charge in [-0.05, 0) is 41.5 Å². The third-order valence-electron chi connectivity index (χ3n) is 2.48. The number of carbonyl (C=O) groups is 1. The summed E-state index contributed by atoms with van der Waals surface area (Å²) < 4.78 is 5.13. The van der Waals surface area contributed by atoms with Gasteiger partial charge in [0.1, 0.15) is 17.8 Å². The van der Waals surface area contributed by atoms with Crippen molar-refractivity contribution < 1.29 is 14.6 Å². The van der Waals surface area contributed by atoms with Crippen LogP contribution < -0.4 is 4.74 Å². The van der Waals surface area contributed by atoms with Crippen LogP contribution in [-0.4, -0.2) is 18.5 Å². The second kappa shape index (κ2) is 4.70. The van der Waals surface area contributed by atoms with Crippen molar-refractivity contribution in [3.63, 3.8) is 0 Å². The van der Waals surface area contributed by atoms with E-state index in [9.17, 15) is 9.90 Å². The lowest BCUT2D eigenvalue weighted by molar-refractivity contribution is 0.112. The molecule has 0 aliphatic carbocycles. The quantitative estimate of drug-likeness (QED) is 0.821. The summed E-state index contributed by atoms with van der Waals surface area (Å²) in [7, 11) is 1.60. The van der Waals surface area contributed by atoms with E-state index in [0.717, 1.165) is 16.9 Å². The fraction of sp³-hybridized carbons (Fsp3) is 0.0714. The van der Waals surface area contributed by atoms with Crippen LogP contribution in [-0.2, 0) is 0 Å². The zero-order valence-corrected chi connectivity index (χ0v) is 9.38. The van der Waals surface area contributed by atoms with Gasteiger partial charge in [-0.15, -0.1) is 0 Å². The molecule has 1 N–H and O–H groups in total. The number of hydrogen-bond donors (Lipinski definition) is 1. The molecule has 0 aromatic heterocycles. The first-order valence-electron chi connectivity index (χ1n) is 5.16. The van der Waals surface area contributed by atoms with Crippen LogP contribution in [0.1, 0.15) is 10.4 Å². The van der Waals surface area contributed by atoms with E-state index in [-0.39, 0.29) is 5.75 Å². The molecule has 3 nitrogen and oxygen atoms in total. The van der Waals surface area contributed by atoms with Crippen LogP contribution in [0.3, 0.4) is 0 Å². The van der Waals surface area contributed by atoms with Gasteiger partial charge in [0.25, 0.3) is 0 Å². The van der Waals surface area contributed by atoms with Crippen LogP contribution in [0.15, 0.2) is 42.5 Å². The molecule has 2 aromatic rings. The SMILES string of the molecule is COc1cccc(-c2cc(O)cc(C=O)c2)c1. The highest BCUT2D eigenvalue weighted by Gasteiger charge is 2.03. The minimum absolute atomic E-state index is 0.0763. The predicted octanol–water partition coefficient (Wildman–Crippen LogP) is 2.88. The van der Waals surface area contributed by atoms with Gasteiger partial charge in [-0.25, -0.2) is 0 Å². The van der Waals surface area contributed by atoms with Gasteiger partial charge in [-0.1, -0.05) is 12.1 Å². The fourth-order valence-electron chi connectivity index (χ4n) is 1.67. The molecule has 2 rings (SSSR count). The molecule has 0 spiro atoms. The highest BCUT2D eigenvalue weighted by Crippen LogP contribution is 2.27. The van der Waals surface area contributed by atoms with Crippen LogP contribution in [0.2, 0.25) is 0 Å². The lowest BCUT2D eigenvalue weighted by Crippen LogP contribution is -1.86. The van der Waals surface area contributed by atoms with Crippen LogP contribution in [0.25, 0.3) is 11.1 Å². The number of hydrogen-bond acceptors (Lipinski definition) is 3. The van der Waals surface area contributed by atoms with Crippen molar-refractivity contribution >= 4 is 6.29 Å². The highest BCUT2D eigenvalue weighted by molar-refractivity contribution is 5.80. The summed E-state index contributed by atoms with van der Waals surface area (Å²) in [5, 5.41) is 9.52. The van der Waals surface area contributed by atoms with Crippen molar-refractivity contribution in [2.24, 2.45) is 0 Å². The molecule has 0 saturated carbocycles. The van der Waals surface area contributed by atoms with E-state index in [1.165, 1.54) is 6.07 Å². The Labute approximate surface area is 99.3 Å². The molecule has 0 radical (unpaired) electrons. The van der Waals surface area contributed by atoms with E-state index >= 15 is 0 Å². The molecule has 86 valence electrons. The number of rotatable bonds is 3. The summed E-state index contributed by atoms with van der Waals surface area (Å²) in [5.41, 5.74) is 2.12. The second-order valence-electron chi connectivity index (χ2n) is 3.66. The summed E-state index contributed by atoms with van der Waals surface area (Å²) in [6.45, 7) is 0. The first-order valence-corrected chi connectivity index (χ1v) is 5.16. The van der Waals surface area contributed by atoms with Crippen molar-refractivity contribution in [3.8, 4) is 22.6 Å². The summed E-state index contributed by atoms with van der Waals surface area (Å²) >= 11 is 0. The Morgan fingerprint density at radius 2 is 1.94 bits per heavy atom. The van der Waals surface area contributed by atoms with Crippen LogP contribution >= 0.6 is 0 Å². The van der Waals surface area contributed by atoms with Gasteiger partial charge >= 0.3 is 0 Å². The molecule has 0 aliphatic rings. The average molecular weight is 228 g/mol. The van der Waals surface area contributed by atoms with Gasteiger partial charge in [0.15, 0.2) is 0 Å². The third kappa shape index (κ3) is 2.45. The zero-order chi connectivity index (χ0) is 12.3. The Hall–Kier alpha value is -2.29. The van der Waals surface area contributed by atoms with Crippen molar-refractivity contribution in [2.45, 2.75) is 0 Å². The summed E-state index contributed by atoms with van der Waals surface area (Å²) in [6, 6.07) is 12.2. The molecular formula is C14H12O3. The molecule has 2 aromatic carbocycles. The minimum atomic E-state index is 0.0763. The maximum Gasteiger partial charge on any atom is 0.150 e. The van der Waals surface area contributed by atoms with E-state index in [4.69, 9.17) is 4.74 Å². The van der Waals surface area contributed by atoms with Crippen LogP contribution in [0.5, 0.6) is 11.5 Å². The van der Waals surface area contributed by atoms with Crippen LogP contribution in [0.4, 0.5) is 0 Å². The van der Waals surface area contributed by atoms with Gasteiger partial charge in [-0.2, -0.15) is 0 Å². The number of benzene rings is 2. The molecule has 0 unspecified atom stereocenters. The van der Waals surface area contributed by atoms with Crippen molar-refractivity contribution in [1.29, 1.82) is 0 Å². The summed E-state index contributed by atoms with van der Waals surface area (Å²) in [5.74, 6) is 0.811. The van der Waals surface area contributed by atoms with Crippen LogP contribution in [0, 0.1) is 0 Å². The Morgan fingerprint density at radius 3 is 2.65 bits per heavy atom. The standard InChI is InChI=1S/C14H12O3/c1-17-14-4-2-3-11(8-14)12-5-10(9-15)6-13(16)7-12/h2-9,16H,1H3. The third-order valence-corrected chi connectivity index (χ3v) is 2.48. The monoisotopic (exact) mass is 228 g/mol. The van der Waals surface area contributed by atoms with Gasteiger partial charge in [0.2, 0.25) is 0 Å². The molecule has 0 atom stereocenters. The molecule has 0 aliphatic heterocycles. The minimum Gasteiger partial charge on any atom is -0.508 e. The number of carbonyl (C=O) groups excluding carboxylic acids is 1. The molecule has 0 saturated heterocycles. The lowest BCUT2D eigenvalue weighted by atomic mass is 10.0. The Morgan fingerprint density at radius 1 is 1.12 bits per heavy atom. The Bertz CT molecular complexity index is 547. The molecule has 0 amide bonds. The van der Waals surface area contributed by atoms with E-state index < -0.39 is 0 Å². The molecule has 0 fully saturated rings. The highest BCUT2D eigenvalue weighted by atomic mass is 16.5. The molecule has 0 bridgehead atoms. The Balaban J connectivity index is 2.51. The second-order valence-corrected chi connectivity index (χ2v) is 3.66. The van der Waals surface area contributed by atoms with Crippen molar-refractivity contribution in [2.75, 3.05) is 7.11 Å². The number of methoxy groups -OCH3 is 1. The van der Waals surface area contributed by atoms with Crippen molar-refractivity contribution in [1.82, 2.24) is 0 Å². The lowest BCUT2D eigenvalue weighted by Gasteiger charge is -2.06. The maximum atomic E-state index is 10.7. The number of ether oxygens (including phenoxy) is 1. The Kier molecular flexibility index (Phi) is 3.10. The first-order chi connectivity index (χ1) is 8.22. The van der Waals surface area contributed by atoms with E-state index in [1.54, 1.807) is 19.2 Å². The van der Waals surface area contributed by atoms with Gasteiger partial charge in [-0.3, -0.25) is 4.79 Å². The van der Waals surface area contributed by atoms with E-state index in [1.807, 2.05) is 24.3 Å². The smallest absolute Gasteiger partial charge is 0.150 e. The largest absolute Gasteiger partial charge is 0.508 e. The summed E-state index contributed by atoms with van der Waals surface area (Å²) in [4.78, 5) is 10.7. The predicted molar refractivity (Wildman–Crippen MR) is 65.5 cm³/mol. The van der Waals surface area contributed by atoms with E-state index in [2.05, 4.69) is 0 Å². The number of phenols is 1.